The van der Waals surface area contributed by atoms with Gasteiger partial charge in [-0.05, 0) is 25.6 Å². The minimum atomic E-state index is -0.314. The van der Waals surface area contributed by atoms with E-state index in [9.17, 15) is 4.79 Å². The Bertz CT molecular complexity index is 490. The van der Waals surface area contributed by atoms with E-state index in [4.69, 9.17) is 17.0 Å². The molecular formula is C12H20N4O2S. The maximum Gasteiger partial charge on any atom is 0.245 e. The molecule has 1 aliphatic heterocycles. The highest BCUT2D eigenvalue weighted by Crippen LogP contribution is 2.15. The molecule has 1 amide bonds. The number of morpholine rings is 1. The molecule has 1 fully saturated rings. The third-order valence-electron chi connectivity index (χ3n) is 3.32. The first-order chi connectivity index (χ1) is 9.15. The second kappa shape index (κ2) is 6.29. The predicted octanol–water partition coefficient (Wildman–Crippen LogP) is 1.31. The van der Waals surface area contributed by atoms with E-state index in [0.29, 0.717) is 31.1 Å². The van der Waals surface area contributed by atoms with Crippen LogP contribution in [0.5, 0.6) is 0 Å². The highest BCUT2D eigenvalue weighted by molar-refractivity contribution is 7.71. The van der Waals surface area contributed by atoms with Gasteiger partial charge in [-0.2, -0.15) is 5.10 Å². The Morgan fingerprint density at radius 3 is 2.84 bits per heavy atom. The Labute approximate surface area is 117 Å². The molecule has 2 heterocycles. The molecular weight excluding hydrogens is 264 g/mol. The predicted molar refractivity (Wildman–Crippen MR) is 73.5 cm³/mol. The number of hydrogen-bond acceptors (Lipinski definition) is 4. The van der Waals surface area contributed by atoms with Gasteiger partial charge in [0.1, 0.15) is 11.9 Å². The first-order valence-corrected chi connectivity index (χ1v) is 7.08. The van der Waals surface area contributed by atoms with Crippen molar-refractivity contribution in [2.24, 2.45) is 0 Å². The Morgan fingerprint density at radius 2 is 2.21 bits per heavy atom. The summed E-state index contributed by atoms with van der Waals surface area (Å²) in [7, 11) is 0. The van der Waals surface area contributed by atoms with Crippen LogP contribution in [0.15, 0.2) is 0 Å². The Morgan fingerprint density at radius 1 is 1.53 bits per heavy atom. The molecule has 6 nitrogen and oxygen atoms in total. The Balaban J connectivity index is 2.18. The van der Waals surface area contributed by atoms with E-state index in [1.807, 2.05) is 16.4 Å². The number of rotatable bonds is 4. The monoisotopic (exact) mass is 284 g/mol. The van der Waals surface area contributed by atoms with Crippen molar-refractivity contribution < 1.29 is 9.53 Å². The summed E-state index contributed by atoms with van der Waals surface area (Å²) < 4.78 is 7.61. The summed E-state index contributed by atoms with van der Waals surface area (Å²) in [5.74, 6) is 0.930. The van der Waals surface area contributed by atoms with Crippen LogP contribution in [0.2, 0.25) is 0 Å². The lowest BCUT2D eigenvalue weighted by atomic mass is 10.2. The summed E-state index contributed by atoms with van der Waals surface area (Å²) in [6.07, 6.45) is 1.78. The van der Waals surface area contributed by atoms with Gasteiger partial charge in [0.15, 0.2) is 4.77 Å². The number of carbonyl (C=O) groups excluding carboxylic acids is 1. The number of ether oxygens (including phenoxy) is 1. The molecule has 2 rings (SSSR count). The van der Waals surface area contributed by atoms with Crippen molar-refractivity contribution >= 4 is 18.1 Å². The highest BCUT2D eigenvalue weighted by atomic mass is 32.1. The fourth-order valence-corrected chi connectivity index (χ4v) is 2.60. The molecule has 0 aliphatic carbocycles. The second-order valence-electron chi connectivity index (χ2n) is 4.68. The molecule has 1 aromatic rings. The van der Waals surface area contributed by atoms with Gasteiger partial charge in [-0.3, -0.25) is 14.5 Å². The minimum absolute atomic E-state index is 0.0816. The fraction of sp³-hybridized carbons (Fsp3) is 0.750. The molecule has 0 spiro atoms. The molecule has 0 saturated carbocycles. The summed E-state index contributed by atoms with van der Waals surface area (Å²) in [5, 5.41) is 6.99. The fourth-order valence-electron chi connectivity index (χ4n) is 2.30. The van der Waals surface area contributed by atoms with Crippen LogP contribution < -0.4 is 0 Å². The number of carbonyl (C=O) groups is 1. The van der Waals surface area contributed by atoms with Crippen LogP contribution >= 0.6 is 12.2 Å². The summed E-state index contributed by atoms with van der Waals surface area (Å²) in [6, 6.07) is -0.314. The molecule has 1 atom stereocenters. The van der Waals surface area contributed by atoms with Gasteiger partial charge in [0.2, 0.25) is 5.91 Å². The summed E-state index contributed by atoms with van der Waals surface area (Å²) >= 11 is 5.23. The Hall–Kier alpha value is -1.21. The van der Waals surface area contributed by atoms with Gasteiger partial charge < -0.3 is 9.64 Å². The summed E-state index contributed by atoms with van der Waals surface area (Å²) in [4.78, 5) is 14.3. The smallest absolute Gasteiger partial charge is 0.245 e. The number of hydrogen-bond donors (Lipinski definition) is 1. The molecule has 0 aromatic carbocycles. The van der Waals surface area contributed by atoms with Gasteiger partial charge in [-0.25, -0.2) is 0 Å². The largest absolute Gasteiger partial charge is 0.378 e. The lowest BCUT2D eigenvalue weighted by Crippen LogP contribution is -2.43. The van der Waals surface area contributed by atoms with Gasteiger partial charge in [0.05, 0.1) is 13.2 Å². The standard InChI is InChI=1S/C12H20N4O2S/c1-3-4-10-13-14-12(19)16(10)9(2)11(17)15-5-7-18-8-6-15/h9H,3-8H2,1-2H3,(H,14,19). The lowest BCUT2D eigenvalue weighted by molar-refractivity contribution is -0.138. The third kappa shape index (κ3) is 3.03. The van der Waals surface area contributed by atoms with Crippen LogP contribution in [0.1, 0.15) is 32.1 Å². The van der Waals surface area contributed by atoms with Crippen molar-refractivity contribution in [3.63, 3.8) is 0 Å². The number of nitrogens with zero attached hydrogens (tertiary/aromatic N) is 3. The van der Waals surface area contributed by atoms with Crippen LogP contribution in [-0.2, 0) is 16.0 Å². The maximum absolute atomic E-state index is 12.5. The average molecular weight is 284 g/mol. The van der Waals surface area contributed by atoms with Crippen molar-refractivity contribution in [3.8, 4) is 0 Å². The zero-order valence-electron chi connectivity index (χ0n) is 11.4. The van der Waals surface area contributed by atoms with Gasteiger partial charge in [0, 0.05) is 19.5 Å². The second-order valence-corrected chi connectivity index (χ2v) is 5.07. The van der Waals surface area contributed by atoms with Crippen LogP contribution in [0.25, 0.3) is 0 Å². The van der Waals surface area contributed by atoms with E-state index < -0.39 is 0 Å². The number of amides is 1. The molecule has 7 heteroatoms. The molecule has 1 aromatic heterocycles. The normalized spacial score (nSPS) is 17.5. The molecule has 1 unspecified atom stereocenters. The van der Waals surface area contributed by atoms with Crippen LogP contribution in [0.3, 0.4) is 0 Å². The molecule has 106 valence electrons. The van der Waals surface area contributed by atoms with Crippen LogP contribution in [-0.4, -0.2) is 51.9 Å². The Kier molecular flexibility index (Phi) is 4.71. The van der Waals surface area contributed by atoms with E-state index >= 15 is 0 Å². The quantitative estimate of drug-likeness (QED) is 0.847. The average Bonchev–Trinajstić information content (AvgIpc) is 2.80. The van der Waals surface area contributed by atoms with E-state index in [1.54, 1.807) is 0 Å². The van der Waals surface area contributed by atoms with Crippen molar-refractivity contribution in [2.75, 3.05) is 26.3 Å². The van der Waals surface area contributed by atoms with E-state index in [-0.39, 0.29) is 11.9 Å². The molecule has 0 bridgehead atoms. The highest BCUT2D eigenvalue weighted by Gasteiger charge is 2.25. The number of aromatic nitrogens is 3. The first kappa shape index (κ1) is 14.2. The van der Waals surface area contributed by atoms with E-state index in [1.165, 1.54) is 0 Å². The molecule has 0 radical (unpaired) electrons. The SMILES string of the molecule is CCCc1n[nH]c(=S)n1C(C)C(=O)N1CCOCC1. The summed E-state index contributed by atoms with van der Waals surface area (Å²) in [5.41, 5.74) is 0. The van der Waals surface area contributed by atoms with E-state index in [0.717, 1.165) is 18.7 Å². The van der Waals surface area contributed by atoms with Crippen molar-refractivity contribution in [1.29, 1.82) is 0 Å². The van der Waals surface area contributed by atoms with Crippen LogP contribution in [0.4, 0.5) is 0 Å². The molecule has 19 heavy (non-hydrogen) atoms. The maximum atomic E-state index is 12.5. The van der Waals surface area contributed by atoms with Gasteiger partial charge in [-0.1, -0.05) is 6.92 Å². The minimum Gasteiger partial charge on any atom is -0.378 e. The van der Waals surface area contributed by atoms with Gasteiger partial charge in [0.25, 0.3) is 0 Å². The van der Waals surface area contributed by atoms with Crippen molar-refractivity contribution in [2.45, 2.75) is 32.7 Å². The summed E-state index contributed by atoms with van der Waals surface area (Å²) in [6.45, 7) is 6.47. The van der Waals surface area contributed by atoms with E-state index in [2.05, 4.69) is 17.1 Å². The number of H-pyrrole nitrogens is 1. The molecule has 1 saturated heterocycles. The van der Waals surface area contributed by atoms with Crippen LogP contribution in [0, 0.1) is 4.77 Å². The van der Waals surface area contributed by atoms with Gasteiger partial charge in [-0.15, -0.1) is 0 Å². The zero-order valence-corrected chi connectivity index (χ0v) is 12.2. The zero-order chi connectivity index (χ0) is 13.8. The van der Waals surface area contributed by atoms with Gasteiger partial charge >= 0.3 is 0 Å². The van der Waals surface area contributed by atoms with Crippen molar-refractivity contribution in [3.05, 3.63) is 10.6 Å². The molecule has 1 aliphatic rings. The van der Waals surface area contributed by atoms with Crippen molar-refractivity contribution in [1.82, 2.24) is 19.7 Å². The topological polar surface area (TPSA) is 63.2 Å². The molecule has 1 N–H and O–H groups in total. The third-order valence-corrected chi connectivity index (χ3v) is 3.61. The number of aryl methyl sites for hydroxylation is 1. The first-order valence-electron chi connectivity index (χ1n) is 6.67. The lowest BCUT2D eigenvalue weighted by Gasteiger charge is -2.29. The number of nitrogens with one attached hydrogen (secondary N) is 1. The number of aromatic amines is 1.